The molecule has 0 aliphatic rings. The van der Waals surface area contributed by atoms with Gasteiger partial charge in [0.15, 0.2) is 0 Å². The molecule has 0 spiro atoms. The van der Waals surface area contributed by atoms with Gasteiger partial charge in [-0.1, -0.05) is 0 Å². The second-order valence-electron chi connectivity index (χ2n) is 0.497. The van der Waals surface area contributed by atoms with Gasteiger partial charge < -0.3 is 9.79 Å². The normalized spacial score (nSPS) is 8.88. The van der Waals surface area contributed by atoms with E-state index in [0.717, 1.165) is 0 Å². The molecular weight excluding hydrogens is 307 g/mol. The molecule has 0 aromatic carbocycles. The molecule has 53 valence electrons. The number of hydrogen-bond acceptors (Lipinski definition) is 1. The van der Waals surface area contributed by atoms with Gasteiger partial charge in [-0.05, 0) is 0 Å². The summed E-state index contributed by atoms with van der Waals surface area (Å²) in [6, 6.07) is 0. The van der Waals surface area contributed by atoms with E-state index < -0.39 is 25.0 Å². The zero-order valence-corrected chi connectivity index (χ0v) is 9.56. The summed E-state index contributed by atoms with van der Waals surface area (Å²) in [7, 11) is 11.9. The summed E-state index contributed by atoms with van der Waals surface area (Å²) in [5, 5.41) is 0. The maximum absolute atomic E-state index is 8.74. The van der Waals surface area contributed by atoms with Gasteiger partial charge in [-0.25, -0.2) is 0 Å². The van der Waals surface area contributed by atoms with Gasteiger partial charge in [0.1, 0.15) is 0 Å². The molecule has 0 unspecified atom stereocenters. The van der Waals surface area contributed by atoms with E-state index in [0.29, 0.717) is 0 Å². The molecule has 0 aromatic heterocycles. The van der Waals surface area contributed by atoms with E-state index in [4.69, 9.17) is 40.8 Å². The van der Waals surface area contributed by atoms with Crippen molar-refractivity contribution in [2.45, 2.75) is 0 Å². The van der Waals surface area contributed by atoms with Crippen LogP contribution < -0.4 is 0 Å². The third-order valence-electron chi connectivity index (χ3n) is 0. The standard InChI is InChI=1S/3ClH.H3O3P.Sb.H/c;;;1-4(2)3;;/h3*1H;4H,(H2,1,2,3);;/q;;;;+3;/p-3. The number of rotatable bonds is 0. The molecule has 0 aliphatic carbocycles. The first-order chi connectivity index (χ1) is 3.46. The molecule has 0 rings (SSSR count). The first kappa shape index (κ1) is 12.5. The molecular formula is H4Cl3O3PSb. The summed E-state index contributed by atoms with van der Waals surface area (Å²) < 4.78 is 8.74. The molecule has 0 heterocycles. The van der Waals surface area contributed by atoms with Gasteiger partial charge in [0, 0.05) is 0 Å². The maximum atomic E-state index is 8.74. The average molecular weight is 311 g/mol. The summed E-state index contributed by atoms with van der Waals surface area (Å²) in [4.78, 5) is 14.3. The van der Waals surface area contributed by atoms with Crippen LogP contribution in [0.5, 0.6) is 0 Å². The van der Waals surface area contributed by atoms with Crippen molar-refractivity contribution in [1.29, 1.82) is 0 Å². The van der Waals surface area contributed by atoms with E-state index in [1.54, 1.807) is 0 Å². The summed E-state index contributed by atoms with van der Waals surface area (Å²) in [6.07, 6.45) is 0. The van der Waals surface area contributed by atoms with Crippen molar-refractivity contribution in [1.82, 2.24) is 0 Å². The van der Waals surface area contributed by atoms with Crippen LogP contribution in [-0.4, -0.2) is 26.6 Å². The van der Waals surface area contributed by atoms with Crippen molar-refractivity contribution in [3.63, 3.8) is 0 Å². The van der Waals surface area contributed by atoms with Crippen LogP contribution in [0.4, 0.5) is 0 Å². The number of halogens is 3. The third-order valence-corrected chi connectivity index (χ3v) is 0. The van der Waals surface area contributed by atoms with Crippen LogP contribution in [0.2, 0.25) is 0 Å². The molecule has 0 fully saturated rings. The Morgan fingerprint density at radius 2 is 1.25 bits per heavy atom. The zero-order chi connectivity index (χ0) is 7.15. The first-order valence-corrected chi connectivity index (χ1v) is 13.4. The van der Waals surface area contributed by atoms with E-state index >= 15 is 0 Å². The summed E-state index contributed by atoms with van der Waals surface area (Å²) in [5.41, 5.74) is 0. The van der Waals surface area contributed by atoms with Crippen LogP contribution in [0, 0.1) is 0 Å². The summed E-state index contributed by atoms with van der Waals surface area (Å²) >= 11 is -2.13. The molecule has 0 atom stereocenters. The molecule has 3 nitrogen and oxygen atoms in total. The quantitative estimate of drug-likeness (QED) is 0.513. The topological polar surface area (TPSA) is 57.5 Å². The van der Waals surface area contributed by atoms with Crippen LogP contribution in [0.25, 0.3) is 0 Å². The molecule has 8 heavy (non-hydrogen) atoms. The summed E-state index contributed by atoms with van der Waals surface area (Å²) in [5.74, 6) is 0. The fourth-order valence-corrected chi connectivity index (χ4v) is 0. The molecule has 0 bridgehead atoms. The molecule has 0 saturated heterocycles. The molecule has 0 aliphatic heterocycles. The van der Waals surface area contributed by atoms with Crippen LogP contribution in [-0.2, 0) is 4.57 Å². The van der Waals surface area contributed by atoms with E-state index in [2.05, 4.69) is 0 Å². The van der Waals surface area contributed by atoms with Crippen molar-refractivity contribution in [3.8, 4) is 0 Å². The van der Waals surface area contributed by atoms with Crippen LogP contribution in [0.15, 0.2) is 0 Å². The zero-order valence-electron chi connectivity index (χ0n) is 3.44. The minimum atomic E-state index is -3.13. The SMILES string of the molecule is O=[PH](O)O.[Cl][SbH]([Cl])[Cl]. The predicted octanol–water partition coefficient (Wildman–Crippen LogP) is 0.781. The Hall–Kier alpha value is 1.84. The summed E-state index contributed by atoms with van der Waals surface area (Å²) in [6.45, 7) is 0. The first-order valence-electron chi connectivity index (χ1n) is 1.22. The minimum absolute atomic E-state index is 2.13. The molecule has 0 saturated carbocycles. The van der Waals surface area contributed by atoms with Gasteiger partial charge in [-0.2, -0.15) is 0 Å². The van der Waals surface area contributed by atoms with E-state index in [9.17, 15) is 0 Å². The van der Waals surface area contributed by atoms with E-state index in [1.807, 2.05) is 0 Å². The van der Waals surface area contributed by atoms with Crippen molar-refractivity contribution in [2.24, 2.45) is 0 Å². The average Bonchev–Trinajstić information content (AvgIpc) is 1.25. The predicted molar refractivity (Wildman–Crippen MR) is 38.1 cm³/mol. The Morgan fingerprint density at radius 3 is 1.25 bits per heavy atom. The second kappa shape index (κ2) is 8.84. The van der Waals surface area contributed by atoms with Crippen LogP contribution >= 0.6 is 34.7 Å². The fourth-order valence-electron chi connectivity index (χ4n) is 0. The van der Waals surface area contributed by atoms with Crippen molar-refractivity contribution < 1.29 is 14.4 Å². The van der Waals surface area contributed by atoms with E-state index in [-0.39, 0.29) is 0 Å². The monoisotopic (exact) mass is 309 g/mol. The second-order valence-corrected chi connectivity index (χ2v) is 13.8. The van der Waals surface area contributed by atoms with Gasteiger partial charge in [-0.15, -0.1) is 0 Å². The molecule has 0 aromatic rings. The van der Waals surface area contributed by atoms with Gasteiger partial charge in [-0.3, -0.25) is 4.57 Å². The Labute approximate surface area is 65.5 Å². The van der Waals surface area contributed by atoms with Gasteiger partial charge in [0.05, 0.1) is 0 Å². The number of hydrogen-bond donors (Lipinski definition) is 2. The van der Waals surface area contributed by atoms with Crippen molar-refractivity contribution in [2.75, 3.05) is 0 Å². The Kier molecular flexibility index (Phi) is 13.8. The van der Waals surface area contributed by atoms with E-state index in [1.165, 1.54) is 0 Å². The van der Waals surface area contributed by atoms with Gasteiger partial charge in [0.25, 0.3) is 0 Å². The van der Waals surface area contributed by atoms with Gasteiger partial charge in [0.2, 0.25) is 0 Å². The van der Waals surface area contributed by atoms with Gasteiger partial charge >= 0.3 is 51.5 Å². The third kappa shape index (κ3) is 108. The Morgan fingerprint density at radius 1 is 1.25 bits per heavy atom. The van der Waals surface area contributed by atoms with Crippen molar-refractivity contribution in [3.05, 3.63) is 0 Å². The van der Waals surface area contributed by atoms with Crippen LogP contribution in [0.3, 0.4) is 0 Å². The molecule has 2 N–H and O–H groups in total. The Bertz CT molecular complexity index is 58.8. The molecule has 0 amide bonds. The van der Waals surface area contributed by atoms with Crippen molar-refractivity contribution >= 4 is 51.5 Å². The van der Waals surface area contributed by atoms with Crippen LogP contribution in [0.1, 0.15) is 0 Å². The molecule has 8 heteroatoms. The molecule has 1 radical (unpaired) electrons. The Balaban J connectivity index is 0. The fraction of sp³-hybridized carbons (Fsp3) is 0.